The first-order chi connectivity index (χ1) is 10.1. The maximum atomic E-state index is 11.4. The normalized spacial score (nSPS) is 11.5. The van der Waals surface area contributed by atoms with Gasteiger partial charge in [-0.1, -0.05) is 30.3 Å². The van der Waals surface area contributed by atoms with Gasteiger partial charge in [0.05, 0.1) is 20.3 Å². The van der Waals surface area contributed by atoms with Crippen LogP contribution in [0.2, 0.25) is 0 Å². The number of rotatable bonds is 6. The van der Waals surface area contributed by atoms with Gasteiger partial charge in [-0.2, -0.15) is 9.97 Å². The summed E-state index contributed by atoms with van der Waals surface area (Å²) in [4.78, 5) is 19.3. The monoisotopic (exact) mass is 290 g/mol. The fourth-order valence-electron chi connectivity index (χ4n) is 1.64. The van der Waals surface area contributed by atoms with Crippen molar-refractivity contribution in [3.63, 3.8) is 0 Å². The molecule has 110 valence electrons. The summed E-state index contributed by atoms with van der Waals surface area (Å²) in [6.07, 6.45) is -1.22. The summed E-state index contributed by atoms with van der Waals surface area (Å²) in [6, 6.07) is 9.86. The molecule has 0 aliphatic carbocycles. The Kier molecular flexibility index (Phi) is 4.55. The molecule has 0 amide bonds. The zero-order valence-corrected chi connectivity index (χ0v) is 11.5. The average Bonchev–Trinajstić information content (AvgIpc) is 2.52. The van der Waals surface area contributed by atoms with Crippen LogP contribution in [0.15, 0.2) is 36.4 Å². The molecule has 0 aliphatic heterocycles. The van der Waals surface area contributed by atoms with Crippen molar-refractivity contribution < 1.29 is 24.1 Å². The first-order valence-electron chi connectivity index (χ1n) is 6.05. The van der Waals surface area contributed by atoms with Gasteiger partial charge in [-0.15, -0.1) is 0 Å². The second-order valence-electron chi connectivity index (χ2n) is 3.98. The Labute approximate surface area is 121 Å². The van der Waals surface area contributed by atoms with Crippen molar-refractivity contribution in [1.82, 2.24) is 9.97 Å². The highest BCUT2D eigenvalue weighted by Crippen LogP contribution is 2.24. The fourth-order valence-corrected chi connectivity index (χ4v) is 1.64. The van der Waals surface area contributed by atoms with E-state index in [0.29, 0.717) is 5.56 Å². The molecule has 0 aliphatic rings. The van der Waals surface area contributed by atoms with E-state index in [1.807, 2.05) is 0 Å². The minimum Gasteiger partial charge on any atom is -0.481 e. The van der Waals surface area contributed by atoms with Crippen LogP contribution in [-0.4, -0.2) is 35.3 Å². The van der Waals surface area contributed by atoms with Crippen LogP contribution in [0.5, 0.6) is 17.8 Å². The van der Waals surface area contributed by atoms with Gasteiger partial charge in [0.1, 0.15) is 0 Å². The van der Waals surface area contributed by atoms with Crippen molar-refractivity contribution >= 4 is 5.97 Å². The molecule has 0 bridgehead atoms. The molecule has 0 radical (unpaired) electrons. The smallest absolute Gasteiger partial charge is 0.349 e. The van der Waals surface area contributed by atoms with Gasteiger partial charge in [0, 0.05) is 5.56 Å². The summed E-state index contributed by atoms with van der Waals surface area (Å²) in [5.41, 5.74) is 0.482. The second kappa shape index (κ2) is 6.56. The first-order valence-corrected chi connectivity index (χ1v) is 6.05. The Morgan fingerprint density at radius 1 is 1.10 bits per heavy atom. The zero-order valence-electron chi connectivity index (χ0n) is 11.5. The Hall–Kier alpha value is -2.83. The van der Waals surface area contributed by atoms with E-state index in [4.69, 9.17) is 14.2 Å². The number of aliphatic carboxylic acids is 1. The molecule has 2 aromatic rings. The van der Waals surface area contributed by atoms with Gasteiger partial charge in [-0.3, -0.25) is 0 Å². The van der Waals surface area contributed by atoms with Crippen LogP contribution in [0.4, 0.5) is 0 Å². The lowest BCUT2D eigenvalue weighted by Crippen LogP contribution is -2.19. The standard InChI is InChI=1S/C14H14N2O5/c1-19-10-8-11(20-2)16-14(15-10)21-12(13(17)18)9-6-4-3-5-7-9/h3-8,12H,1-2H3,(H,17,18)/t12-/m1/s1. The Morgan fingerprint density at radius 3 is 2.14 bits per heavy atom. The van der Waals surface area contributed by atoms with Crippen LogP contribution in [0.1, 0.15) is 11.7 Å². The van der Waals surface area contributed by atoms with E-state index in [0.717, 1.165) is 0 Å². The van der Waals surface area contributed by atoms with E-state index in [1.165, 1.54) is 20.3 Å². The highest BCUT2D eigenvalue weighted by Gasteiger charge is 2.23. The van der Waals surface area contributed by atoms with Gasteiger partial charge in [0.15, 0.2) is 0 Å². The molecule has 1 aromatic heterocycles. The lowest BCUT2D eigenvalue weighted by molar-refractivity contribution is -0.145. The highest BCUT2D eigenvalue weighted by atomic mass is 16.5. The molecule has 1 N–H and O–H groups in total. The van der Waals surface area contributed by atoms with Crippen LogP contribution in [0.3, 0.4) is 0 Å². The van der Waals surface area contributed by atoms with Crippen molar-refractivity contribution in [2.75, 3.05) is 14.2 Å². The molecule has 7 heteroatoms. The lowest BCUT2D eigenvalue weighted by atomic mass is 10.1. The third kappa shape index (κ3) is 3.59. The molecule has 7 nitrogen and oxygen atoms in total. The zero-order chi connectivity index (χ0) is 15.2. The number of carboxylic acid groups (broad SMARTS) is 1. The molecular formula is C14H14N2O5. The summed E-state index contributed by atoms with van der Waals surface area (Å²) >= 11 is 0. The van der Waals surface area contributed by atoms with Gasteiger partial charge < -0.3 is 19.3 Å². The molecule has 1 aromatic carbocycles. The number of carbonyl (C=O) groups is 1. The van der Waals surface area contributed by atoms with Gasteiger partial charge in [0.2, 0.25) is 17.9 Å². The molecule has 0 saturated heterocycles. The van der Waals surface area contributed by atoms with Crippen LogP contribution in [0, 0.1) is 0 Å². The Balaban J connectivity index is 2.31. The molecular weight excluding hydrogens is 276 g/mol. The number of methoxy groups -OCH3 is 2. The number of ether oxygens (including phenoxy) is 3. The minimum atomic E-state index is -1.22. The number of hydrogen-bond acceptors (Lipinski definition) is 6. The first kappa shape index (κ1) is 14.6. The summed E-state index contributed by atoms with van der Waals surface area (Å²) in [7, 11) is 2.86. The van der Waals surface area contributed by atoms with E-state index < -0.39 is 12.1 Å². The van der Waals surface area contributed by atoms with Crippen LogP contribution < -0.4 is 14.2 Å². The number of hydrogen-bond donors (Lipinski definition) is 1. The SMILES string of the molecule is COc1cc(OC)nc(O[C@@H](C(=O)O)c2ccccc2)n1. The largest absolute Gasteiger partial charge is 0.481 e. The predicted molar refractivity (Wildman–Crippen MR) is 72.6 cm³/mol. The number of benzene rings is 1. The molecule has 1 heterocycles. The summed E-state index contributed by atoms with van der Waals surface area (Å²) in [5, 5.41) is 9.30. The minimum absolute atomic E-state index is 0.137. The van der Waals surface area contributed by atoms with Crippen molar-refractivity contribution in [2.45, 2.75) is 6.10 Å². The maximum Gasteiger partial charge on any atom is 0.349 e. The van der Waals surface area contributed by atoms with Gasteiger partial charge in [-0.05, 0) is 0 Å². The summed E-state index contributed by atoms with van der Waals surface area (Å²) in [5.74, 6) is -0.713. The van der Waals surface area contributed by atoms with Crippen molar-refractivity contribution in [1.29, 1.82) is 0 Å². The lowest BCUT2D eigenvalue weighted by Gasteiger charge is -2.14. The molecule has 0 unspecified atom stereocenters. The van der Waals surface area contributed by atoms with Crippen LogP contribution in [-0.2, 0) is 4.79 Å². The number of carboxylic acids is 1. The van der Waals surface area contributed by atoms with Crippen LogP contribution >= 0.6 is 0 Å². The van der Waals surface area contributed by atoms with Gasteiger partial charge >= 0.3 is 12.0 Å². The predicted octanol–water partition coefficient (Wildman–Crippen LogP) is 1.70. The molecule has 1 atom stereocenters. The number of aromatic nitrogens is 2. The third-order valence-electron chi connectivity index (χ3n) is 2.63. The van der Waals surface area contributed by atoms with Crippen molar-refractivity contribution in [3.8, 4) is 17.8 Å². The quantitative estimate of drug-likeness (QED) is 0.865. The van der Waals surface area contributed by atoms with Crippen LogP contribution in [0.25, 0.3) is 0 Å². The number of nitrogens with zero attached hydrogens (tertiary/aromatic N) is 2. The van der Waals surface area contributed by atoms with E-state index in [-0.39, 0.29) is 17.8 Å². The molecule has 2 rings (SSSR count). The molecule has 21 heavy (non-hydrogen) atoms. The fraction of sp³-hybridized carbons (Fsp3) is 0.214. The highest BCUT2D eigenvalue weighted by molar-refractivity contribution is 5.74. The molecule has 0 saturated carbocycles. The van der Waals surface area contributed by atoms with E-state index in [9.17, 15) is 9.90 Å². The third-order valence-corrected chi connectivity index (χ3v) is 2.63. The Bertz CT molecular complexity index is 596. The maximum absolute atomic E-state index is 11.4. The summed E-state index contributed by atoms with van der Waals surface area (Å²) < 4.78 is 15.3. The van der Waals surface area contributed by atoms with E-state index in [1.54, 1.807) is 30.3 Å². The average molecular weight is 290 g/mol. The molecule has 0 spiro atoms. The van der Waals surface area contributed by atoms with E-state index >= 15 is 0 Å². The van der Waals surface area contributed by atoms with Gasteiger partial charge in [0.25, 0.3) is 0 Å². The summed E-state index contributed by atoms with van der Waals surface area (Å²) in [6.45, 7) is 0. The Morgan fingerprint density at radius 2 is 1.67 bits per heavy atom. The van der Waals surface area contributed by atoms with E-state index in [2.05, 4.69) is 9.97 Å². The molecule has 0 fully saturated rings. The van der Waals surface area contributed by atoms with Gasteiger partial charge in [-0.25, -0.2) is 4.79 Å². The van der Waals surface area contributed by atoms with Crippen molar-refractivity contribution in [3.05, 3.63) is 42.0 Å². The second-order valence-corrected chi connectivity index (χ2v) is 3.98. The van der Waals surface area contributed by atoms with Crippen molar-refractivity contribution in [2.24, 2.45) is 0 Å². The topological polar surface area (TPSA) is 90.8 Å².